The fourth-order valence-corrected chi connectivity index (χ4v) is 3.08. The molecule has 1 N–H and O–H groups in total. The van der Waals surface area contributed by atoms with Crippen LogP contribution < -0.4 is 5.32 Å². The van der Waals surface area contributed by atoms with Gasteiger partial charge in [0.1, 0.15) is 0 Å². The van der Waals surface area contributed by atoms with Gasteiger partial charge in [-0.3, -0.25) is 0 Å². The molecule has 0 saturated carbocycles. The summed E-state index contributed by atoms with van der Waals surface area (Å²) in [4.78, 5) is 1.43. The molecule has 0 fully saturated rings. The van der Waals surface area contributed by atoms with Crippen molar-refractivity contribution in [2.24, 2.45) is 0 Å². The van der Waals surface area contributed by atoms with Gasteiger partial charge in [-0.2, -0.15) is 0 Å². The first-order chi connectivity index (χ1) is 9.38. The summed E-state index contributed by atoms with van der Waals surface area (Å²) in [5, 5.41) is 5.77. The van der Waals surface area contributed by atoms with E-state index in [-0.39, 0.29) is 5.41 Å². The Bertz CT molecular complexity index is 546. The first-order valence-electron chi connectivity index (χ1n) is 7.25. The minimum absolute atomic E-state index is 0.225. The van der Waals surface area contributed by atoms with Crippen molar-refractivity contribution in [3.63, 3.8) is 0 Å². The molecular weight excluding hydrogens is 262 g/mol. The molecule has 1 nitrogen and oxygen atoms in total. The number of nitrogens with one attached hydrogen (secondary N) is 1. The highest BCUT2D eigenvalue weighted by molar-refractivity contribution is 7.10. The average Bonchev–Trinajstić information content (AvgIpc) is 2.81. The molecule has 0 radical (unpaired) electrons. The predicted octanol–water partition coefficient (Wildman–Crippen LogP) is 5.20. The molecule has 0 amide bonds. The Balaban J connectivity index is 1.99. The molecule has 0 spiro atoms. The van der Waals surface area contributed by atoms with Crippen molar-refractivity contribution in [2.45, 2.75) is 52.6 Å². The first-order valence-corrected chi connectivity index (χ1v) is 8.12. The maximum atomic E-state index is 3.61. The second-order valence-electron chi connectivity index (χ2n) is 6.50. The van der Waals surface area contributed by atoms with E-state index in [1.807, 2.05) is 11.3 Å². The van der Waals surface area contributed by atoms with Gasteiger partial charge in [-0.25, -0.2) is 0 Å². The minimum atomic E-state index is 0.225. The lowest BCUT2D eigenvalue weighted by atomic mass is 9.86. The van der Waals surface area contributed by atoms with Crippen LogP contribution in [0.25, 0.3) is 0 Å². The summed E-state index contributed by atoms with van der Waals surface area (Å²) in [6, 6.07) is 11.6. The van der Waals surface area contributed by atoms with Gasteiger partial charge in [-0.05, 0) is 47.4 Å². The van der Waals surface area contributed by atoms with Crippen molar-refractivity contribution < 1.29 is 0 Å². The van der Waals surface area contributed by atoms with Gasteiger partial charge in [0.05, 0.1) is 0 Å². The standard InChI is InChI=1S/C18H25NS/c1-13-10-11-20-17(13)12-19-14(2)15-6-8-16(9-7-15)18(3,4)5/h6-11,14,19H,12H2,1-5H3. The number of hydrogen-bond donors (Lipinski definition) is 1. The highest BCUT2D eigenvalue weighted by Crippen LogP contribution is 2.24. The number of benzene rings is 1. The monoisotopic (exact) mass is 287 g/mol. The van der Waals surface area contributed by atoms with E-state index >= 15 is 0 Å². The van der Waals surface area contributed by atoms with Crippen LogP contribution >= 0.6 is 11.3 Å². The Morgan fingerprint density at radius 1 is 1.10 bits per heavy atom. The Kier molecular flexibility index (Phi) is 4.66. The van der Waals surface area contributed by atoms with E-state index in [1.54, 1.807) is 0 Å². The van der Waals surface area contributed by atoms with E-state index in [1.165, 1.54) is 21.6 Å². The third-order valence-electron chi connectivity index (χ3n) is 3.81. The zero-order chi connectivity index (χ0) is 14.8. The number of hydrogen-bond acceptors (Lipinski definition) is 2. The lowest BCUT2D eigenvalue weighted by Crippen LogP contribution is -2.18. The third-order valence-corrected chi connectivity index (χ3v) is 4.84. The van der Waals surface area contributed by atoms with Crippen molar-refractivity contribution in [1.82, 2.24) is 5.32 Å². The van der Waals surface area contributed by atoms with Crippen LogP contribution in [0.5, 0.6) is 0 Å². The minimum Gasteiger partial charge on any atom is -0.305 e. The van der Waals surface area contributed by atoms with Crippen LogP contribution in [-0.2, 0) is 12.0 Å². The average molecular weight is 287 g/mol. The van der Waals surface area contributed by atoms with Crippen molar-refractivity contribution >= 4 is 11.3 Å². The van der Waals surface area contributed by atoms with E-state index in [9.17, 15) is 0 Å². The fraction of sp³-hybridized carbons (Fsp3) is 0.444. The molecule has 0 aliphatic heterocycles. The van der Waals surface area contributed by atoms with Crippen LogP contribution in [0.2, 0.25) is 0 Å². The van der Waals surface area contributed by atoms with Gasteiger partial charge >= 0.3 is 0 Å². The Morgan fingerprint density at radius 2 is 1.75 bits per heavy atom. The maximum absolute atomic E-state index is 3.61. The van der Waals surface area contributed by atoms with Crippen LogP contribution in [0.1, 0.15) is 55.3 Å². The summed E-state index contributed by atoms with van der Waals surface area (Å²) in [5.74, 6) is 0. The van der Waals surface area contributed by atoms with Crippen LogP contribution in [0.4, 0.5) is 0 Å². The lowest BCUT2D eigenvalue weighted by molar-refractivity contribution is 0.572. The van der Waals surface area contributed by atoms with Crippen LogP contribution in [0.3, 0.4) is 0 Å². The molecule has 1 atom stereocenters. The van der Waals surface area contributed by atoms with Gasteiger partial charge in [-0.1, -0.05) is 45.0 Å². The van der Waals surface area contributed by atoms with E-state index in [0.717, 1.165) is 6.54 Å². The van der Waals surface area contributed by atoms with Gasteiger partial charge in [0.15, 0.2) is 0 Å². The van der Waals surface area contributed by atoms with E-state index < -0.39 is 0 Å². The van der Waals surface area contributed by atoms with Crippen LogP contribution in [0, 0.1) is 6.92 Å². The summed E-state index contributed by atoms with van der Waals surface area (Å²) in [7, 11) is 0. The summed E-state index contributed by atoms with van der Waals surface area (Å²) >= 11 is 1.83. The molecule has 1 aromatic heterocycles. The molecular formula is C18H25NS. The molecule has 108 valence electrons. The van der Waals surface area contributed by atoms with Gasteiger partial charge < -0.3 is 5.32 Å². The highest BCUT2D eigenvalue weighted by Gasteiger charge is 2.14. The topological polar surface area (TPSA) is 12.0 Å². The van der Waals surface area contributed by atoms with Gasteiger partial charge in [-0.15, -0.1) is 11.3 Å². The summed E-state index contributed by atoms with van der Waals surface area (Å²) in [6.45, 7) is 12.1. The predicted molar refractivity (Wildman–Crippen MR) is 89.5 cm³/mol. The zero-order valence-electron chi connectivity index (χ0n) is 13.2. The molecule has 2 aromatic rings. The zero-order valence-corrected chi connectivity index (χ0v) is 14.0. The SMILES string of the molecule is Cc1ccsc1CNC(C)c1ccc(C(C)(C)C)cc1. The Morgan fingerprint density at radius 3 is 2.25 bits per heavy atom. The molecule has 2 heteroatoms. The summed E-state index contributed by atoms with van der Waals surface area (Å²) in [6.07, 6.45) is 0. The highest BCUT2D eigenvalue weighted by atomic mass is 32.1. The molecule has 0 bridgehead atoms. The van der Waals surface area contributed by atoms with Crippen molar-refractivity contribution in [3.8, 4) is 0 Å². The number of thiophene rings is 1. The largest absolute Gasteiger partial charge is 0.305 e. The normalized spacial score (nSPS) is 13.4. The van der Waals surface area contributed by atoms with Crippen molar-refractivity contribution in [1.29, 1.82) is 0 Å². The maximum Gasteiger partial charge on any atom is 0.0308 e. The first kappa shape index (κ1) is 15.3. The van der Waals surface area contributed by atoms with Crippen molar-refractivity contribution in [3.05, 3.63) is 57.3 Å². The second-order valence-corrected chi connectivity index (χ2v) is 7.50. The van der Waals surface area contributed by atoms with Gasteiger partial charge in [0.25, 0.3) is 0 Å². The van der Waals surface area contributed by atoms with E-state index in [4.69, 9.17) is 0 Å². The molecule has 1 aromatic carbocycles. The Labute approximate surface area is 127 Å². The molecule has 20 heavy (non-hydrogen) atoms. The molecule has 0 aliphatic carbocycles. The van der Waals surface area contributed by atoms with E-state index in [2.05, 4.69) is 75.6 Å². The number of aryl methyl sites for hydroxylation is 1. The lowest BCUT2D eigenvalue weighted by Gasteiger charge is -2.20. The molecule has 0 saturated heterocycles. The van der Waals surface area contributed by atoms with Crippen molar-refractivity contribution in [2.75, 3.05) is 0 Å². The fourth-order valence-electron chi connectivity index (χ4n) is 2.22. The van der Waals surface area contributed by atoms with E-state index in [0.29, 0.717) is 6.04 Å². The van der Waals surface area contributed by atoms with Gasteiger partial charge in [0.2, 0.25) is 0 Å². The smallest absolute Gasteiger partial charge is 0.0308 e. The molecule has 0 aliphatic rings. The molecule has 2 rings (SSSR count). The summed E-state index contributed by atoms with van der Waals surface area (Å²) < 4.78 is 0. The Hall–Kier alpha value is -1.12. The third kappa shape index (κ3) is 3.71. The molecule has 1 heterocycles. The van der Waals surface area contributed by atoms with Crippen LogP contribution in [0.15, 0.2) is 35.7 Å². The quantitative estimate of drug-likeness (QED) is 0.814. The van der Waals surface area contributed by atoms with Gasteiger partial charge in [0, 0.05) is 17.5 Å². The molecule has 1 unspecified atom stereocenters. The van der Waals surface area contributed by atoms with Crippen LogP contribution in [-0.4, -0.2) is 0 Å². The second kappa shape index (κ2) is 6.11. The summed E-state index contributed by atoms with van der Waals surface area (Å²) in [5.41, 5.74) is 4.36. The number of rotatable bonds is 4.